The Balaban J connectivity index is 0.00000196. The maximum Gasteiger partial charge on any atom is 0.127 e. The lowest BCUT2D eigenvalue weighted by molar-refractivity contribution is 0.275. The fraction of sp³-hybridized carbons (Fsp3) is 0.400. The van der Waals surface area contributed by atoms with E-state index in [-0.39, 0.29) is 30.8 Å². The van der Waals surface area contributed by atoms with Crippen molar-refractivity contribution in [2.45, 2.75) is 12.5 Å². The van der Waals surface area contributed by atoms with Crippen molar-refractivity contribution in [3.8, 4) is 11.5 Å². The van der Waals surface area contributed by atoms with E-state index in [1.54, 1.807) is 12.1 Å². The second kappa shape index (κ2) is 6.50. The normalized spacial score (nSPS) is 11.7. The Morgan fingerprint density at radius 3 is 2.67 bits per heavy atom. The minimum Gasteiger partial charge on any atom is -0.508 e. The van der Waals surface area contributed by atoms with Crippen molar-refractivity contribution < 1.29 is 14.9 Å². The zero-order chi connectivity index (χ0) is 10.6. The van der Waals surface area contributed by atoms with E-state index in [9.17, 15) is 5.11 Å². The van der Waals surface area contributed by atoms with Crippen LogP contribution in [0.25, 0.3) is 0 Å². The number of ether oxygens (including phenoxy) is 1. The molecule has 1 atom stereocenters. The molecule has 86 valence electrons. The van der Waals surface area contributed by atoms with Crippen LogP contribution < -0.4 is 10.5 Å². The summed E-state index contributed by atoms with van der Waals surface area (Å²) in [5.74, 6) is 0.688. The predicted molar refractivity (Wildman–Crippen MR) is 60.5 cm³/mol. The number of nitrogens with two attached hydrogens (primary N) is 1. The largest absolute Gasteiger partial charge is 0.508 e. The zero-order valence-corrected chi connectivity index (χ0v) is 9.33. The van der Waals surface area contributed by atoms with Crippen molar-refractivity contribution in [3.63, 3.8) is 0 Å². The highest BCUT2D eigenvalue weighted by atomic mass is 35.5. The van der Waals surface area contributed by atoms with E-state index in [0.717, 1.165) is 5.56 Å². The first-order valence-corrected chi connectivity index (χ1v) is 4.42. The number of rotatable bonds is 4. The summed E-state index contributed by atoms with van der Waals surface area (Å²) in [4.78, 5) is 0. The molecule has 4 N–H and O–H groups in total. The minimum atomic E-state index is -0.268. The molecule has 0 amide bonds. The smallest absolute Gasteiger partial charge is 0.127 e. The van der Waals surface area contributed by atoms with E-state index in [0.29, 0.717) is 12.2 Å². The monoisotopic (exact) mass is 233 g/mol. The van der Waals surface area contributed by atoms with Gasteiger partial charge in [-0.1, -0.05) is 6.07 Å². The lowest BCUT2D eigenvalue weighted by Crippen LogP contribution is -2.12. The Labute approximate surface area is 95.1 Å². The first-order valence-electron chi connectivity index (χ1n) is 4.42. The first kappa shape index (κ1) is 14.0. The van der Waals surface area contributed by atoms with Gasteiger partial charge in [-0.3, -0.25) is 0 Å². The molecule has 0 heterocycles. The summed E-state index contributed by atoms with van der Waals surface area (Å²) in [7, 11) is 1.52. The van der Waals surface area contributed by atoms with E-state index < -0.39 is 0 Å². The van der Waals surface area contributed by atoms with Crippen molar-refractivity contribution in [2.24, 2.45) is 5.73 Å². The molecule has 15 heavy (non-hydrogen) atoms. The molecule has 0 radical (unpaired) electrons. The average Bonchev–Trinajstić information content (AvgIpc) is 2.17. The van der Waals surface area contributed by atoms with Crippen LogP contribution in [0, 0.1) is 0 Å². The Kier molecular flexibility index (Phi) is 6.08. The number of hydrogen-bond acceptors (Lipinski definition) is 4. The molecule has 1 aromatic carbocycles. The number of halogens is 1. The minimum absolute atomic E-state index is 0. The number of aromatic hydroxyl groups is 1. The molecule has 0 unspecified atom stereocenters. The van der Waals surface area contributed by atoms with E-state index >= 15 is 0 Å². The van der Waals surface area contributed by atoms with Crippen LogP contribution in [0.2, 0.25) is 0 Å². The van der Waals surface area contributed by atoms with Gasteiger partial charge in [-0.25, -0.2) is 0 Å². The van der Waals surface area contributed by atoms with E-state index in [2.05, 4.69) is 0 Å². The summed E-state index contributed by atoms with van der Waals surface area (Å²) in [6, 6.07) is 4.49. The van der Waals surface area contributed by atoms with Crippen molar-refractivity contribution in [3.05, 3.63) is 23.8 Å². The molecule has 0 saturated heterocycles. The van der Waals surface area contributed by atoms with Gasteiger partial charge in [0.15, 0.2) is 0 Å². The number of benzene rings is 1. The molecule has 1 rings (SSSR count). The molecule has 0 aliphatic carbocycles. The Morgan fingerprint density at radius 2 is 2.13 bits per heavy atom. The van der Waals surface area contributed by atoms with Crippen LogP contribution in [-0.4, -0.2) is 23.9 Å². The topological polar surface area (TPSA) is 75.7 Å². The van der Waals surface area contributed by atoms with Gasteiger partial charge in [-0.15, -0.1) is 12.4 Å². The van der Waals surface area contributed by atoms with Gasteiger partial charge in [0.2, 0.25) is 0 Å². The van der Waals surface area contributed by atoms with Crippen LogP contribution in [0.4, 0.5) is 0 Å². The van der Waals surface area contributed by atoms with Crippen LogP contribution in [0.3, 0.4) is 0 Å². The molecule has 0 bridgehead atoms. The molecule has 0 aromatic heterocycles. The standard InChI is InChI=1S/C10H15NO3.ClH/c1-14-10-6-7(13)2-3-8(10)9(11)4-5-12;/h2-3,6,9,12-13H,4-5,11H2,1H3;1H/t9-;/m0./s1. The maximum atomic E-state index is 9.21. The molecule has 0 spiro atoms. The zero-order valence-electron chi connectivity index (χ0n) is 8.51. The quantitative estimate of drug-likeness (QED) is 0.731. The summed E-state index contributed by atoms with van der Waals surface area (Å²) in [5.41, 5.74) is 6.60. The van der Waals surface area contributed by atoms with Crippen molar-refractivity contribution in [1.82, 2.24) is 0 Å². The number of phenolic OH excluding ortho intramolecular Hbond substituents is 1. The maximum absolute atomic E-state index is 9.21. The van der Waals surface area contributed by atoms with Gasteiger partial charge in [0.05, 0.1) is 7.11 Å². The van der Waals surface area contributed by atoms with Gasteiger partial charge in [-0.05, 0) is 12.5 Å². The van der Waals surface area contributed by atoms with E-state index in [1.807, 2.05) is 0 Å². The highest BCUT2D eigenvalue weighted by Gasteiger charge is 2.11. The first-order chi connectivity index (χ1) is 6.69. The molecule has 4 nitrogen and oxygen atoms in total. The highest BCUT2D eigenvalue weighted by Crippen LogP contribution is 2.28. The second-order valence-corrected chi connectivity index (χ2v) is 3.05. The summed E-state index contributed by atoms with van der Waals surface area (Å²) < 4.78 is 5.07. The van der Waals surface area contributed by atoms with E-state index in [4.69, 9.17) is 15.6 Å². The summed E-state index contributed by atoms with van der Waals surface area (Å²) in [6.07, 6.45) is 0.473. The summed E-state index contributed by atoms with van der Waals surface area (Å²) >= 11 is 0. The van der Waals surface area contributed by atoms with Crippen LogP contribution in [0.15, 0.2) is 18.2 Å². The van der Waals surface area contributed by atoms with Crippen molar-refractivity contribution in [1.29, 1.82) is 0 Å². The Morgan fingerprint density at radius 1 is 1.47 bits per heavy atom. The number of aliphatic hydroxyl groups excluding tert-OH is 1. The van der Waals surface area contributed by atoms with Crippen LogP contribution in [0.5, 0.6) is 11.5 Å². The van der Waals surface area contributed by atoms with Gasteiger partial charge in [0.25, 0.3) is 0 Å². The lowest BCUT2D eigenvalue weighted by atomic mass is 10.0. The number of hydrogen-bond donors (Lipinski definition) is 3. The fourth-order valence-corrected chi connectivity index (χ4v) is 1.30. The fourth-order valence-electron chi connectivity index (χ4n) is 1.30. The number of aliphatic hydroxyl groups is 1. The number of methoxy groups -OCH3 is 1. The Hall–Kier alpha value is -0.970. The molecule has 5 heteroatoms. The summed E-state index contributed by atoms with van der Waals surface area (Å²) in [6.45, 7) is 0.0329. The van der Waals surface area contributed by atoms with Gasteiger partial charge in [-0.2, -0.15) is 0 Å². The van der Waals surface area contributed by atoms with Gasteiger partial charge < -0.3 is 20.7 Å². The highest BCUT2D eigenvalue weighted by molar-refractivity contribution is 5.85. The third-order valence-electron chi connectivity index (χ3n) is 2.06. The molecule has 1 aromatic rings. The molecule has 0 aliphatic rings. The summed E-state index contributed by atoms with van der Waals surface area (Å²) in [5, 5.41) is 18.0. The van der Waals surface area contributed by atoms with Crippen LogP contribution in [0.1, 0.15) is 18.0 Å². The van der Waals surface area contributed by atoms with Gasteiger partial charge in [0.1, 0.15) is 11.5 Å². The molecular weight excluding hydrogens is 218 g/mol. The third-order valence-corrected chi connectivity index (χ3v) is 2.06. The SMILES string of the molecule is COc1cc(O)ccc1[C@@H](N)CCO.Cl. The van der Waals surface area contributed by atoms with Gasteiger partial charge in [0, 0.05) is 24.3 Å². The second-order valence-electron chi connectivity index (χ2n) is 3.05. The van der Waals surface area contributed by atoms with Crippen molar-refractivity contribution >= 4 is 12.4 Å². The molecule has 0 fully saturated rings. The average molecular weight is 234 g/mol. The van der Waals surface area contributed by atoms with E-state index in [1.165, 1.54) is 13.2 Å². The predicted octanol–water partition coefficient (Wildman–Crippen LogP) is 1.20. The lowest BCUT2D eigenvalue weighted by Gasteiger charge is -2.14. The van der Waals surface area contributed by atoms with Gasteiger partial charge >= 0.3 is 0 Å². The number of phenols is 1. The molecule has 0 aliphatic heterocycles. The molecule has 0 saturated carbocycles. The Bertz CT molecular complexity index is 307. The van der Waals surface area contributed by atoms with Crippen LogP contribution in [-0.2, 0) is 0 Å². The van der Waals surface area contributed by atoms with Crippen molar-refractivity contribution in [2.75, 3.05) is 13.7 Å². The molecular formula is C10H16ClNO3. The third kappa shape index (κ3) is 3.58. The van der Waals surface area contributed by atoms with Crippen LogP contribution >= 0.6 is 12.4 Å².